The highest BCUT2D eigenvalue weighted by atomic mass is 19.3. The van der Waals surface area contributed by atoms with Gasteiger partial charge in [-0.15, -0.1) is 0 Å². The normalized spacial score (nSPS) is 12.5. The molecule has 0 bridgehead atoms. The van der Waals surface area contributed by atoms with Crippen LogP contribution in [-0.2, 0) is 20.9 Å². The van der Waals surface area contributed by atoms with E-state index in [9.17, 15) is 13.6 Å². The molecule has 1 unspecified atom stereocenters. The molecule has 6 heteroatoms. The van der Waals surface area contributed by atoms with Gasteiger partial charge in [0.15, 0.2) is 0 Å². The second-order valence-electron chi connectivity index (χ2n) is 4.40. The highest BCUT2D eigenvalue weighted by Gasteiger charge is 2.48. The van der Waals surface area contributed by atoms with Gasteiger partial charge in [-0.25, -0.2) is 4.79 Å². The van der Waals surface area contributed by atoms with Gasteiger partial charge in [0.25, 0.3) is 0 Å². The van der Waals surface area contributed by atoms with Gasteiger partial charge in [-0.05, 0) is 12.5 Å². The van der Waals surface area contributed by atoms with Gasteiger partial charge >= 0.3 is 11.9 Å². The zero-order valence-corrected chi connectivity index (χ0v) is 11.7. The molecule has 1 atom stereocenters. The van der Waals surface area contributed by atoms with Crippen LogP contribution in [0.2, 0.25) is 0 Å². The van der Waals surface area contributed by atoms with Crippen LogP contribution in [0.1, 0.15) is 18.9 Å². The van der Waals surface area contributed by atoms with Crippen molar-refractivity contribution in [2.45, 2.75) is 25.9 Å². The lowest BCUT2D eigenvalue weighted by Gasteiger charge is -2.23. The van der Waals surface area contributed by atoms with Crippen LogP contribution in [0.5, 0.6) is 0 Å². The monoisotopic (exact) mass is 297 g/mol. The Labute approximate surface area is 122 Å². The Morgan fingerprint density at radius 3 is 2.62 bits per heavy atom. The average Bonchev–Trinajstić information content (AvgIpc) is 2.47. The number of ether oxygens (including phenoxy) is 2. The number of hydrogen-bond donors (Lipinski definition) is 0. The summed E-state index contributed by atoms with van der Waals surface area (Å²) in [6.45, 7) is 1.05. The van der Waals surface area contributed by atoms with E-state index in [-0.39, 0.29) is 13.2 Å². The number of nitriles is 1. The predicted molar refractivity (Wildman–Crippen MR) is 71.4 cm³/mol. The first-order chi connectivity index (χ1) is 10.0. The van der Waals surface area contributed by atoms with Crippen LogP contribution in [0.15, 0.2) is 30.3 Å². The molecule has 0 amide bonds. The summed E-state index contributed by atoms with van der Waals surface area (Å²) in [5.41, 5.74) is 0.827. The Kier molecular flexibility index (Phi) is 6.76. The van der Waals surface area contributed by atoms with Crippen molar-refractivity contribution in [2.24, 2.45) is 5.92 Å². The summed E-state index contributed by atoms with van der Waals surface area (Å²) in [4.78, 5) is 11.3. The highest BCUT2D eigenvalue weighted by molar-refractivity contribution is 5.78. The van der Waals surface area contributed by atoms with Crippen LogP contribution in [0.4, 0.5) is 8.78 Å². The molecule has 0 saturated heterocycles. The molecule has 0 spiro atoms. The maximum absolute atomic E-state index is 13.9. The van der Waals surface area contributed by atoms with Crippen molar-refractivity contribution in [1.29, 1.82) is 5.26 Å². The summed E-state index contributed by atoms with van der Waals surface area (Å²) in [6.07, 6.45) is -0.486. The number of nitrogens with zero attached hydrogens (tertiary/aromatic N) is 1. The van der Waals surface area contributed by atoms with Crippen molar-refractivity contribution >= 4 is 5.97 Å². The molecule has 0 aromatic heterocycles. The molecule has 0 aliphatic heterocycles. The van der Waals surface area contributed by atoms with Crippen molar-refractivity contribution in [3.8, 4) is 6.07 Å². The quantitative estimate of drug-likeness (QED) is 0.692. The number of halogens is 2. The molecule has 0 aliphatic carbocycles. The van der Waals surface area contributed by atoms with Gasteiger partial charge < -0.3 is 9.47 Å². The van der Waals surface area contributed by atoms with Gasteiger partial charge in [0, 0.05) is 6.42 Å². The van der Waals surface area contributed by atoms with Crippen molar-refractivity contribution in [2.75, 3.05) is 13.2 Å². The van der Waals surface area contributed by atoms with E-state index in [1.54, 1.807) is 30.3 Å². The van der Waals surface area contributed by atoms with Gasteiger partial charge in [-0.3, -0.25) is 0 Å². The molecule has 4 nitrogen and oxygen atoms in total. The predicted octanol–water partition coefficient (Wildman–Crippen LogP) is 2.93. The number of esters is 1. The first-order valence-electron chi connectivity index (χ1n) is 6.56. The van der Waals surface area contributed by atoms with E-state index in [1.807, 2.05) is 6.07 Å². The third kappa shape index (κ3) is 5.12. The molecule has 1 aromatic rings. The number of rotatable bonds is 8. The molecule has 1 aromatic carbocycles. The topological polar surface area (TPSA) is 59.3 Å². The van der Waals surface area contributed by atoms with Crippen molar-refractivity contribution in [3.63, 3.8) is 0 Å². The van der Waals surface area contributed by atoms with Gasteiger partial charge in [-0.1, -0.05) is 30.3 Å². The van der Waals surface area contributed by atoms with Crippen molar-refractivity contribution in [3.05, 3.63) is 35.9 Å². The van der Waals surface area contributed by atoms with Crippen molar-refractivity contribution < 1.29 is 23.0 Å². The second-order valence-corrected chi connectivity index (χ2v) is 4.40. The van der Waals surface area contributed by atoms with Gasteiger partial charge in [-0.2, -0.15) is 14.0 Å². The lowest BCUT2D eigenvalue weighted by molar-refractivity contribution is -0.183. The van der Waals surface area contributed by atoms with Crippen LogP contribution < -0.4 is 0 Å². The molecule has 0 radical (unpaired) electrons. The van der Waals surface area contributed by atoms with Crippen LogP contribution in [-0.4, -0.2) is 25.1 Å². The maximum atomic E-state index is 13.9. The lowest BCUT2D eigenvalue weighted by atomic mass is 9.99. The number of hydrogen-bond acceptors (Lipinski definition) is 4. The van der Waals surface area contributed by atoms with E-state index in [0.29, 0.717) is 0 Å². The molecule has 0 heterocycles. The minimum atomic E-state index is -3.73. The minimum Gasteiger partial charge on any atom is -0.462 e. The Hall–Kier alpha value is -2.00. The Morgan fingerprint density at radius 2 is 2.05 bits per heavy atom. The standard InChI is InChI=1S/C15H17F2NO3/c1-2-21-14(19)15(16,17)13(8-9-18)11-20-10-12-6-4-3-5-7-12/h3-7,13H,2,8,10-11H2,1H3. The van der Waals surface area contributed by atoms with Crippen LogP contribution >= 0.6 is 0 Å². The molecule has 0 aliphatic rings. The van der Waals surface area contributed by atoms with Gasteiger partial charge in [0.1, 0.15) is 0 Å². The van der Waals surface area contributed by atoms with E-state index >= 15 is 0 Å². The van der Waals surface area contributed by atoms with Crippen molar-refractivity contribution in [1.82, 2.24) is 0 Å². The summed E-state index contributed by atoms with van der Waals surface area (Å²) < 4.78 is 37.3. The van der Waals surface area contributed by atoms with E-state index in [4.69, 9.17) is 10.00 Å². The molecule has 0 saturated carbocycles. The minimum absolute atomic E-state index is 0.140. The smallest absolute Gasteiger partial charge is 0.377 e. The third-order valence-corrected chi connectivity index (χ3v) is 2.83. The third-order valence-electron chi connectivity index (χ3n) is 2.83. The number of carbonyl (C=O) groups excluding carboxylic acids is 1. The van der Waals surface area contributed by atoms with E-state index in [2.05, 4.69) is 4.74 Å². The number of alkyl halides is 2. The fraction of sp³-hybridized carbons (Fsp3) is 0.467. The number of benzene rings is 1. The lowest BCUT2D eigenvalue weighted by Crippen LogP contribution is -2.41. The van der Waals surface area contributed by atoms with Crippen LogP contribution in [0.25, 0.3) is 0 Å². The Bertz CT molecular complexity index is 485. The fourth-order valence-corrected chi connectivity index (χ4v) is 1.69. The van der Waals surface area contributed by atoms with Gasteiger partial charge in [0.05, 0.1) is 31.8 Å². The van der Waals surface area contributed by atoms with Crippen LogP contribution in [0.3, 0.4) is 0 Å². The Balaban J connectivity index is 2.61. The summed E-state index contributed by atoms with van der Waals surface area (Å²) in [6, 6.07) is 10.7. The SMILES string of the molecule is CCOC(=O)C(F)(F)C(CC#N)COCc1ccccc1. The Morgan fingerprint density at radius 1 is 1.38 bits per heavy atom. The largest absolute Gasteiger partial charge is 0.462 e. The maximum Gasteiger partial charge on any atom is 0.377 e. The van der Waals surface area contributed by atoms with Gasteiger partial charge in [0.2, 0.25) is 0 Å². The summed E-state index contributed by atoms with van der Waals surface area (Å²) in [5.74, 6) is -6.87. The molecule has 114 valence electrons. The van der Waals surface area contributed by atoms with Crippen LogP contribution in [0, 0.1) is 17.2 Å². The second kappa shape index (κ2) is 8.32. The zero-order chi connectivity index (χ0) is 15.7. The summed E-state index contributed by atoms with van der Waals surface area (Å²) in [7, 11) is 0. The van der Waals surface area contributed by atoms with E-state index < -0.39 is 30.8 Å². The summed E-state index contributed by atoms with van der Waals surface area (Å²) in [5, 5.41) is 8.64. The fourth-order valence-electron chi connectivity index (χ4n) is 1.69. The van der Waals surface area contributed by atoms with E-state index in [0.717, 1.165) is 5.56 Å². The first kappa shape index (κ1) is 17.1. The molecular weight excluding hydrogens is 280 g/mol. The summed E-state index contributed by atoms with van der Waals surface area (Å²) >= 11 is 0. The first-order valence-corrected chi connectivity index (χ1v) is 6.56. The zero-order valence-electron chi connectivity index (χ0n) is 11.7. The number of carbonyl (C=O) groups is 1. The molecular formula is C15H17F2NO3. The highest BCUT2D eigenvalue weighted by Crippen LogP contribution is 2.29. The molecule has 0 N–H and O–H groups in total. The molecule has 1 rings (SSSR count). The molecule has 21 heavy (non-hydrogen) atoms. The molecule has 0 fully saturated rings. The van der Waals surface area contributed by atoms with E-state index in [1.165, 1.54) is 6.92 Å². The average molecular weight is 297 g/mol.